The topological polar surface area (TPSA) is 71.2 Å². The molecule has 1 aromatic rings. The van der Waals surface area contributed by atoms with Crippen LogP contribution in [0.15, 0.2) is 18.5 Å². The lowest BCUT2D eigenvalue weighted by Gasteiger charge is -2.20. The third-order valence-electron chi connectivity index (χ3n) is 2.84. The summed E-state index contributed by atoms with van der Waals surface area (Å²) in [6.07, 6.45) is 5.67. The Morgan fingerprint density at radius 1 is 1.65 bits per heavy atom. The van der Waals surface area contributed by atoms with Gasteiger partial charge in [0.25, 0.3) is 0 Å². The fraction of sp³-hybridized carbons (Fsp3) is 0.500. The van der Waals surface area contributed by atoms with Crippen molar-refractivity contribution in [2.75, 3.05) is 18.5 Å². The number of rotatable bonds is 5. The fourth-order valence-corrected chi connectivity index (χ4v) is 1.73. The standard InChI is InChI=1S/C12H18N4O/c1-16(8-12(17)15-10-2-3-10)11-7-14-5-4-9(11)6-13/h4-5,7,10H,2-3,6,8,13H2,1H3,(H,15,17). The highest BCUT2D eigenvalue weighted by Crippen LogP contribution is 2.19. The zero-order valence-electron chi connectivity index (χ0n) is 10.0. The Bertz CT molecular complexity index is 403. The van der Waals surface area contributed by atoms with Crippen LogP contribution in [0.5, 0.6) is 0 Å². The Kier molecular flexibility index (Phi) is 3.58. The molecule has 0 aromatic carbocycles. The van der Waals surface area contributed by atoms with Gasteiger partial charge in [-0.3, -0.25) is 9.78 Å². The lowest BCUT2D eigenvalue weighted by atomic mass is 10.2. The molecule has 92 valence electrons. The molecule has 0 saturated heterocycles. The van der Waals surface area contributed by atoms with E-state index < -0.39 is 0 Å². The first-order valence-corrected chi connectivity index (χ1v) is 5.84. The normalized spacial score (nSPS) is 14.5. The Morgan fingerprint density at radius 3 is 3.06 bits per heavy atom. The lowest BCUT2D eigenvalue weighted by Crippen LogP contribution is -2.36. The highest BCUT2D eigenvalue weighted by Gasteiger charge is 2.23. The van der Waals surface area contributed by atoms with Crippen molar-refractivity contribution in [2.24, 2.45) is 5.73 Å². The zero-order chi connectivity index (χ0) is 12.3. The monoisotopic (exact) mass is 234 g/mol. The number of nitrogens with two attached hydrogens (primary N) is 1. The summed E-state index contributed by atoms with van der Waals surface area (Å²) >= 11 is 0. The minimum atomic E-state index is 0.0572. The van der Waals surface area contributed by atoms with Gasteiger partial charge in [0.05, 0.1) is 18.4 Å². The van der Waals surface area contributed by atoms with Crippen LogP contribution < -0.4 is 16.0 Å². The van der Waals surface area contributed by atoms with Gasteiger partial charge in [0, 0.05) is 25.8 Å². The molecule has 1 aliphatic carbocycles. The van der Waals surface area contributed by atoms with Crippen LogP contribution >= 0.6 is 0 Å². The van der Waals surface area contributed by atoms with E-state index in [0.717, 1.165) is 24.1 Å². The van der Waals surface area contributed by atoms with Crippen molar-refractivity contribution in [1.82, 2.24) is 10.3 Å². The number of nitrogens with zero attached hydrogens (tertiary/aromatic N) is 2. The Hall–Kier alpha value is -1.62. The molecule has 1 fully saturated rings. The molecule has 1 aliphatic rings. The van der Waals surface area contributed by atoms with Gasteiger partial charge in [-0.05, 0) is 24.5 Å². The molecule has 5 nitrogen and oxygen atoms in total. The summed E-state index contributed by atoms with van der Waals surface area (Å²) in [5.41, 5.74) is 7.57. The van der Waals surface area contributed by atoms with Crippen molar-refractivity contribution in [3.05, 3.63) is 24.0 Å². The molecule has 0 radical (unpaired) electrons. The van der Waals surface area contributed by atoms with Gasteiger partial charge in [0.2, 0.25) is 5.91 Å². The molecule has 0 unspecified atom stereocenters. The van der Waals surface area contributed by atoms with Crippen molar-refractivity contribution >= 4 is 11.6 Å². The first kappa shape index (κ1) is 11.9. The molecule has 1 heterocycles. The number of hydrogen-bond acceptors (Lipinski definition) is 4. The maximum Gasteiger partial charge on any atom is 0.239 e. The van der Waals surface area contributed by atoms with E-state index in [1.54, 1.807) is 12.4 Å². The second-order valence-corrected chi connectivity index (χ2v) is 4.41. The molecular formula is C12H18N4O. The van der Waals surface area contributed by atoms with Crippen LogP contribution in [0.25, 0.3) is 0 Å². The average molecular weight is 234 g/mol. The number of nitrogens with one attached hydrogen (secondary N) is 1. The molecule has 1 saturated carbocycles. The van der Waals surface area contributed by atoms with Crippen molar-refractivity contribution in [2.45, 2.75) is 25.4 Å². The van der Waals surface area contributed by atoms with Crippen LogP contribution in [0.1, 0.15) is 18.4 Å². The maximum atomic E-state index is 11.7. The molecule has 2 rings (SSSR count). The highest BCUT2D eigenvalue weighted by molar-refractivity contribution is 5.82. The largest absolute Gasteiger partial charge is 0.364 e. The molecule has 5 heteroatoms. The van der Waals surface area contributed by atoms with Crippen molar-refractivity contribution < 1.29 is 4.79 Å². The summed E-state index contributed by atoms with van der Waals surface area (Å²) in [5.74, 6) is 0.0572. The molecular weight excluding hydrogens is 216 g/mol. The Balaban J connectivity index is 1.97. The van der Waals surface area contributed by atoms with Crippen LogP contribution in [0.3, 0.4) is 0 Å². The predicted molar refractivity (Wildman–Crippen MR) is 66.6 cm³/mol. The molecule has 0 bridgehead atoms. The fourth-order valence-electron chi connectivity index (χ4n) is 1.73. The average Bonchev–Trinajstić information content (AvgIpc) is 3.12. The highest BCUT2D eigenvalue weighted by atomic mass is 16.2. The van der Waals surface area contributed by atoms with Crippen LogP contribution in [-0.4, -0.2) is 30.5 Å². The van der Waals surface area contributed by atoms with E-state index in [4.69, 9.17) is 5.73 Å². The van der Waals surface area contributed by atoms with Crippen molar-refractivity contribution in [3.8, 4) is 0 Å². The van der Waals surface area contributed by atoms with Crippen LogP contribution in [0.2, 0.25) is 0 Å². The smallest absolute Gasteiger partial charge is 0.239 e. The van der Waals surface area contributed by atoms with Gasteiger partial charge in [0.1, 0.15) is 0 Å². The van der Waals surface area contributed by atoms with E-state index >= 15 is 0 Å². The van der Waals surface area contributed by atoms with Gasteiger partial charge >= 0.3 is 0 Å². The second-order valence-electron chi connectivity index (χ2n) is 4.41. The summed E-state index contributed by atoms with van der Waals surface area (Å²) < 4.78 is 0. The SMILES string of the molecule is CN(CC(=O)NC1CC1)c1cnccc1CN. The summed E-state index contributed by atoms with van der Waals surface area (Å²) in [6, 6.07) is 2.28. The van der Waals surface area contributed by atoms with E-state index in [1.807, 2.05) is 18.0 Å². The molecule has 0 aliphatic heterocycles. The third kappa shape index (κ3) is 3.17. The number of anilines is 1. The summed E-state index contributed by atoms with van der Waals surface area (Å²) in [5, 5.41) is 2.96. The predicted octanol–water partition coefficient (Wildman–Crippen LogP) is 0.255. The molecule has 1 amide bonds. The van der Waals surface area contributed by atoms with Gasteiger partial charge < -0.3 is 16.0 Å². The quantitative estimate of drug-likeness (QED) is 0.766. The molecule has 3 N–H and O–H groups in total. The van der Waals surface area contributed by atoms with Crippen LogP contribution in [0.4, 0.5) is 5.69 Å². The van der Waals surface area contributed by atoms with E-state index in [1.165, 1.54) is 0 Å². The third-order valence-corrected chi connectivity index (χ3v) is 2.84. The first-order chi connectivity index (χ1) is 8.20. The summed E-state index contributed by atoms with van der Waals surface area (Å²) in [4.78, 5) is 17.6. The van der Waals surface area contributed by atoms with Crippen molar-refractivity contribution in [1.29, 1.82) is 0 Å². The number of carbonyl (C=O) groups is 1. The number of amides is 1. The van der Waals surface area contributed by atoms with Crippen molar-refractivity contribution in [3.63, 3.8) is 0 Å². The van der Waals surface area contributed by atoms with Crippen LogP contribution in [0, 0.1) is 0 Å². The molecule has 0 atom stereocenters. The van der Waals surface area contributed by atoms with E-state index in [9.17, 15) is 4.79 Å². The summed E-state index contributed by atoms with van der Waals surface area (Å²) in [7, 11) is 1.88. The second kappa shape index (κ2) is 5.14. The minimum Gasteiger partial charge on any atom is -0.364 e. The van der Waals surface area contributed by atoms with Gasteiger partial charge in [0.15, 0.2) is 0 Å². The van der Waals surface area contributed by atoms with E-state index in [0.29, 0.717) is 19.1 Å². The van der Waals surface area contributed by atoms with E-state index in [2.05, 4.69) is 10.3 Å². The van der Waals surface area contributed by atoms with Crippen LogP contribution in [-0.2, 0) is 11.3 Å². The summed E-state index contributed by atoms with van der Waals surface area (Å²) in [6.45, 7) is 0.793. The van der Waals surface area contributed by atoms with E-state index in [-0.39, 0.29) is 5.91 Å². The van der Waals surface area contributed by atoms with Gasteiger partial charge in [-0.1, -0.05) is 0 Å². The lowest BCUT2D eigenvalue weighted by molar-refractivity contribution is -0.119. The first-order valence-electron chi connectivity index (χ1n) is 5.84. The number of aromatic nitrogens is 1. The van der Waals surface area contributed by atoms with Gasteiger partial charge in [-0.15, -0.1) is 0 Å². The maximum absolute atomic E-state index is 11.7. The molecule has 1 aromatic heterocycles. The van der Waals surface area contributed by atoms with Gasteiger partial charge in [-0.25, -0.2) is 0 Å². The number of pyridine rings is 1. The minimum absolute atomic E-state index is 0.0572. The number of likely N-dealkylation sites (N-methyl/N-ethyl adjacent to an activating group) is 1. The Labute approximate surface area is 101 Å². The molecule has 17 heavy (non-hydrogen) atoms. The zero-order valence-corrected chi connectivity index (χ0v) is 10.0. The van der Waals surface area contributed by atoms with Gasteiger partial charge in [-0.2, -0.15) is 0 Å². The number of hydrogen-bond donors (Lipinski definition) is 2. The number of carbonyl (C=O) groups excluding carboxylic acids is 1. The molecule has 0 spiro atoms. The Morgan fingerprint density at radius 2 is 2.41 bits per heavy atom.